The summed E-state index contributed by atoms with van der Waals surface area (Å²) in [6, 6.07) is 3.48. The van der Waals surface area contributed by atoms with Gasteiger partial charge in [-0.05, 0) is 30.9 Å². The summed E-state index contributed by atoms with van der Waals surface area (Å²) in [7, 11) is 0. The number of hydrogen-bond acceptors (Lipinski definition) is 4. The van der Waals surface area contributed by atoms with Crippen LogP contribution in [-0.2, 0) is 6.42 Å². The van der Waals surface area contributed by atoms with Crippen molar-refractivity contribution in [3.8, 4) is 6.07 Å². The Balaban J connectivity index is 3.20. The molecule has 21 heavy (non-hydrogen) atoms. The zero-order valence-electron chi connectivity index (χ0n) is 12.6. The first kappa shape index (κ1) is 16.6. The Labute approximate surface area is 123 Å². The largest absolute Gasteiger partial charge is 0.478 e. The Morgan fingerprint density at radius 1 is 1.52 bits per heavy atom. The number of carboxylic acid groups (broad SMARTS) is 1. The van der Waals surface area contributed by atoms with Crippen LogP contribution in [0.4, 0.5) is 0 Å². The lowest BCUT2D eigenvalue weighted by Crippen LogP contribution is -2.49. The number of carbonyl (C=O) groups is 2. The molecule has 0 radical (unpaired) electrons. The van der Waals surface area contributed by atoms with Gasteiger partial charge in [-0.2, -0.15) is 5.26 Å². The zero-order valence-corrected chi connectivity index (χ0v) is 12.6. The van der Waals surface area contributed by atoms with Gasteiger partial charge < -0.3 is 10.4 Å². The highest BCUT2D eigenvalue weighted by atomic mass is 16.4. The van der Waals surface area contributed by atoms with E-state index >= 15 is 0 Å². The summed E-state index contributed by atoms with van der Waals surface area (Å²) >= 11 is 0. The average Bonchev–Trinajstić information content (AvgIpc) is 2.45. The molecular weight excluding hydrogens is 270 g/mol. The first-order valence-electron chi connectivity index (χ1n) is 6.71. The quantitative estimate of drug-likeness (QED) is 0.863. The number of pyridine rings is 1. The third-order valence-corrected chi connectivity index (χ3v) is 3.56. The van der Waals surface area contributed by atoms with Crippen LogP contribution < -0.4 is 5.32 Å². The van der Waals surface area contributed by atoms with E-state index in [1.165, 1.54) is 12.3 Å². The predicted octanol–water partition coefficient (Wildman–Crippen LogP) is 2.01. The molecule has 0 aliphatic heterocycles. The summed E-state index contributed by atoms with van der Waals surface area (Å²) in [5.74, 6) is -2.01. The molecule has 6 nitrogen and oxygen atoms in total. The van der Waals surface area contributed by atoms with E-state index in [2.05, 4.69) is 10.3 Å². The molecule has 1 amide bonds. The Bertz CT molecular complexity index is 605. The van der Waals surface area contributed by atoms with Crippen molar-refractivity contribution in [2.24, 2.45) is 5.92 Å². The number of rotatable bonds is 5. The maximum Gasteiger partial charge on any atom is 0.338 e. The van der Waals surface area contributed by atoms with Gasteiger partial charge in [-0.15, -0.1) is 0 Å². The van der Waals surface area contributed by atoms with Crippen LogP contribution in [0.1, 0.15) is 54.1 Å². The normalized spacial score (nSPS) is 13.3. The molecular formula is C15H19N3O3. The molecule has 1 unspecified atom stereocenters. The molecule has 0 bridgehead atoms. The van der Waals surface area contributed by atoms with Crippen LogP contribution in [0.5, 0.6) is 0 Å². The number of nitrogens with zero attached hydrogens (tertiary/aromatic N) is 2. The highest BCUT2D eigenvalue weighted by molar-refractivity contribution is 6.03. The Kier molecular flexibility index (Phi) is 5.03. The van der Waals surface area contributed by atoms with Gasteiger partial charge in [0.15, 0.2) is 0 Å². The molecule has 1 heterocycles. The molecule has 2 N–H and O–H groups in total. The maximum atomic E-state index is 12.3. The second-order valence-electron chi connectivity index (χ2n) is 5.32. The van der Waals surface area contributed by atoms with Crippen LogP contribution in [0.25, 0.3) is 0 Å². The topological polar surface area (TPSA) is 103 Å². The third kappa shape index (κ3) is 3.57. The fourth-order valence-electron chi connectivity index (χ4n) is 1.64. The molecule has 0 saturated carbocycles. The fraction of sp³-hybridized carbons (Fsp3) is 0.467. The zero-order chi connectivity index (χ0) is 16.2. The van der Waals surface area contributed by atoms with Gasteiger partial charge in [-0.1, -0.05) is 20.8 Å². The van der Waals surface area contributed by atoms with E-state index in [1.54, 1.807) is 20.8 Å². The molecule has 0 aliphatic rings. The molecule has 0 aromatic carbocycles. The van der Waals surface area contributed by atoms with Gasteiger partial charge in [0.05, 0.1) is 11.6 Å². The van der Waals surface area contributed by atoms with Gasteiger partial charge >= 0.3 is 5.97 Å². The van der Waals surface area contributed by atoms with Crippen LogP contribution in [0.3, 0.4) is 0 Å². The summed E-state index contributed by atoms with van der Waals surface area (Å²) in [4.78, 5) is 27.5. The van der Waals surface area contributed by atoms with Gasteiger partial charge in [0.25, 0.3) is 5.91 Å². The highest BCUT2D eigenvalue weighted by Gasteiger charge is 2.32. The van der Waals surface area contributed by atoms with Crippen LogP contribution in [0.2, 0.25) is 0 Å². The first-order chi connectivity index (χ1) is 9.75. The monoisotopic (exact) mass is 289 g/mol. The Morgan fingerprint density at radius 3 is 2.57 bits per heavy atom. The second-order valence-corrected chi connectivity index (χ2v) is 5.32. The van der Waals surface area contributed by atoms with Crippen molar-refractivity contribution >= 4 is 11.9 Å². The van der Waals surface area contributed by atoms with E-state index in [-0.39, 0.29) is 17.2 Å². The Morgan fingerprint density at radius 2 is 2.14 bits per heavy atom. The van der Waals surface area contributed by atoms with Crippen molar-refractivity contribution in [2.45, 2.75) is 39.7 Å². The van der Waals surface area contributed by atoms with Gasteiger partial charge in [0.2, 0.25) is 0 Å². The van der Waals surface area contributed by atoms with Crippen molar-refractivity contribution in [3.05, 3.63) is 29.1 Å². The molecule has 0 saturated heterocycles. The average molecular weight is 289 g/mol. The molecule has 6 heteroatoms. The number of amides is 1. The van der Waals surface area contributed by atoms with Crippen LogP contribution in [0.15, 0.2) is 12.3 Å². The maximum absolute atomic E-state index is 12.3. The number of carbonyl (C=O) groups excluding carboxylic acids is 1. The van der Waals surface area contributed by atoms with E-state index in [0.717, 1.165) is 5.56 Å². The number of nitrogens with one attached hydrogen (secondary N) is 1. The van der Waals surface area contributed by atoms with Crippen LogP contribution in [-0.4, -0.2) is 27.5 Å². The van der Waals surface area contributed by atoms with E-state index in [1.807, 2.05) is 13.0 Å². The van der Waals surface area contributed by atoms with Crippen molar-refractivity contribution in [3.63, 3.8) is 0 Å². The van der Waals surface area contributed by atoms with Crippen LogP contribution in [0, 0.1) is 17.2 Å². The number of hydrogen-bond donors (Lipinski definition) is 2. The van der Waals surface area contributed by atoms with Gasteiger partial charge in [0, 0.05) is 6.20 Å². The lowest BCUT2D eigenvalue weighted by atomic mass is 9.90. The summed E-state index contributed by atoms with van der Waals surface area (Å²) in [6.45, 7) is 7.06. The minimum Gasteiger partial charge on any atom is -0.478 e. The SMILES string of the molecule is CCc1cnc(C(=O)NC(C)(C#N)C(C)C)c(C(=O)O)c1. The van der Waals surface area contributed by atoms with E-state index < -0.39 is 17.4 Å². The lowest BCUT2D eigenvalue weighted by molar-refractivity contribution is 0.0688. The lowest BCUT2D eigenvalue weighted by Gasteiger charge is -2.27. The smallest absolute Gasteiger partial charge is 0.338 e. The van der Waals surface area contributed by atoms with Gasteiger partial charge in [-0.25, -0.2) is 9.78 Å². The number of nitriles is 1. The molecule has 0 fully saturated rings. The second kappa shape index (κ2) is 6.35. The predicted molar refractivity (Wildman–Crippen MR) is 76.9 cm³/mol. The molecule has 1 aromatic heterocycles. The van der Waals surface area contributed by atoms with Crippen molar-refractivity contribution in [2.75, 3.05) is 0 Å². The van der Waals surface area contributed by atoms with Crippen LogP contribution >= 0.6 is 0 Å². The molecule has 0 spiro atoms. The minimum absolute atomic E-state index is 0.130. The number of carboxylic acids is 1. The highest BCUT2D eigenvalue weighted by Crippen LogP contribution is 2.17. The fourth-order valence-corrected chi connectivity index (χ4v) is 1.64. The van der Waals surface area contributed by atoms with Crippen molar-refractivity contribution in [1.82, 2.24) is 10.3 Å². The van der Waals surface area contributed by atoms with Crippen molar-refractivity contribution < 1.29 is 14.7 Å². The molecule has 0 aliphatic carbocycles. The molecule has 1 aromatic rings. The Hall–Kier alpha value is -2.42. The summed E-state index contributed by atoms with van der Waals surface area (Å²) in [5, 5.41) is 21.0. The van der Waals surface area contributed by atoms with Crippen molar-refractivity contribution in [1.29, 1.82) is 5.26 Å². The first-order valence-corrected chi connectivity index (χ1v) is 6.71. The molecule has 1 rings (SSSR count). The summed E-state index contributed by atoms with van der Waals surface area (Å²) < 4.78 is 0. The third-order valence-electron chi connectivity index (χ3n) is 3.56. The van der Waals surface area contributed by atoms with E-state index in [9.17, 15) is 20.0 Å². The minimum atomic E-state index is -1.22. The number of aryl methyl sites for hydroxylation is 1. The molecule has 112 valence electrons. The molecule has 1 atom stereocenters. The summed E-state index contributed by atoms with van der Waals surface area (Å²) in [5.41, 5.74) is -0.689. The summed E-state index contributed by atoms with van der Waals surface area (Å²) in [6.07, 6.45) is 2.09. The van der Waals surface area contributed by atoms with E-state index in [0.29, 0.717) is 6.42 Å². The van der Waals surface area contributed by atoms with Gasteiger partial charge in [-0.3, -0.25) is 4.79 Å². The number of aromatic carboxylic acids is 1. The van der Waals surface area contributed by atoms with Gasteiger partial charge in [0.1, 0.15) is 11.2 Å². The standard InChI is InChI=1S/C15H19N3O3/c1-5-10-6-11(14(20)21)12(17-7-10)13(19)18-15(4,8-16)9(2)3/h6-7,9H,5H2,1-4H3,(H,18,19)(H,20,21). The van der Waals surface area contributed by atoms with E-state index in [4.69, 9.17) is 0 Å². The number of aromatic nitrogens is 1.